The van der Waals surface area contributed by atoms with Gasteiger partial charge >= 0.3 is 0 Å². The maximum absolute atomic E-state index is 12.3. The quantitative estimate of drug-likeness (QED) is 0.446. The second-order valence-electron chi connectivity index (χ2n) is 6.70. The largest absolute Gasteiger partial charge is 0.454 e. The van der Waals surface area contributed by atoms with E-state index < -0.39 is 0 Å². The molecule has 4 aromatic rings. The molecule has 0 bridgehead atoms. The van der Waals surface area contributed by atoms with E-state index >= 15 is 0 Å². The summed E-state index contributed by atoms with van der Waals surface area (Å²) in [5.74, 6) is 1.45. The van der Waals surface area contributed by atoms with Gasteiger partial charge in [-0.25, -0.2) is 0 Å². The maximum atomic E-state index is 12.3. The van der Waals surface area contributed by atoms with Gasteiger partial charge in [0.25, 0.3) is 0 Å². The molecule has 156 valence electrons. The van der Waals surface area contributed by atoms with Crippen molar-refractivity contribution in [3.8, 4) is 22.8 Å². The van der Waals surface area contributed by atoms with Gasteiger partial charge in [0, 0.05) is 17.1 Å². The van der Waals surface area contributed by atoms with Crippen molar-refractivity contribution in [3.63, 3.8) is 0 Å². The average Bonchev–Trinajstić information content (AvgIpc) is 3.43. The summed E-state index contributed by atoms with van der Waals surface area (Å²) in [5, 5.41) is 17.0. The lowest BCUT2D eigenvalue weighted by Crippen LogP contribution is -2.24. The Kier molecular flexibility index (Phi) is 5.35. The van der Waals surface area contributed by atoms with Crippen molar-refractivity contribution in [1.82, 2.24) is 25.1 Å². The van der Waals surface area contributed by atoms with Crippen LogP contribution in [0.1, 0.15) is 5.56 Å². The molecule has 5 rings (SSSR count). The van der Waals surface area contributed by atoms with Crippen molar-refractivity contribution < 1.29 is 14.3 Å². The number of hydrogen-bond acceptors (Lipinski definition) is 7. The SMILES string of the molecule is O=C(CSc1nnc2ccc(-c3ccc4c(c3)OCO4)nn12)NCc1ccccc1Cl. The zero-order chi connectivity index (χ0) is 21.2. The molecule has 8 nitrogen and oxygen atoms in total. The number of nitrogens with zero attached hydrogens (tertiary/aromatic N) is 4. The van der Waals surface area contributed by atoms with Gasteiger partial charge in [0.1, 0.15) is 0 Å². The Morgan fingerprint density at radius 3 is 2.87 bits per heavy atom. The molecule has 10 heteroatoms. The highest BCUT2D eigenvalue weighted by molar-refractivity contribution is 7.99. The zero-order valence-corrected chi connectivity index (χ0v) is 17.7. The predicted octanol–water partition coefficient (Wildman–Crippen LogP) is 3.58. The van der Waals surface area contributed by atoms with E-state index in [0.717, 1.165) is 16.8 Å². The van der Waals surface area contributed by atoms with Gasteiger partial charge in [0.2, 0.25) is 17.9 Å². The van der Waals surface area contributed by atoms with Gasteiger partial charge in [0.05, 0.1) is 11.4 Å². The Morgan fingerprint density at radius 1 is 1.10 bits per heavy atom. The summed E-state index contributed by atoms with van der Waals surface area (Å²) < 4.78 is 12.4. The third-order valence-electron chi connectivity index (χ3n) is 4.67. The summed E-state index contributed by atoms with van der Waals surface area (Å²) in [6.07, 6.45) is 0. The number of halogens is 1. The summed E-state index contributed by atoms with van der Waals surface area (Å²) in [6.45, 7) is 0.585. The van der Waals surface area contributed by atoms with Crippen LogP contribution >= 0.6 is 23.4 Å². The van der Waals surface area contributed by atoms with Gasteiger partial charge in [-0.05, 0) is 42.0 Å². The molecule has 3 heterocycles. The second-order valence-corrected chi connectivity index (χ2v) is 8.05. The minimum absolute atomic E-state index is 0.131. The fraction of sp³-hybridized carbons (Fsp3) is 0.143. The normalized spacial score (nSPS) is 12.3. The van der Waals surface area contributed by atoms with Crippen LogP contribution in [0.4, 0.5) is 0 Å². The van der Waals surface area contributed by atoms with Crippen LogP contribution in [0.3, 0.4) is 0 Å². The van der Waals surface area contributed by atoms with Gasteiger partial charge in [-0.3, -0.25) is 4.79 Å². The van der Waals surface area contributed by atoms with Crippen molar-refractivity contribution in [1.29, 1.82) is 0 Å². The lowest BCUT2D eigenvalue weighted by molar-refractivity contribution is -0.118. The van der Waals surface area contributed by atoms with Crippen LogP contribution in [0.5, 0.6) is 11.5 Å². The Bertz CT molecular complexity index is 1280. The van der Waals surface area contributed by atoms with E-state index in [1.54, 1.807) is 10.6 Å². The predicted molar refractivity (Wildman–Crippen MR) is 116 cm³/mol. The molecule has 1 aliphatic heterocycles. The van der Waals surface area contributed by atoms with Crippen molar-refractivity contribution >= 4 is 34.9 Å². The lowest BCUT2D eigenvalue weighted by Gasteiger charge is -2.07. The minimum Gasteiger partial charge on any atom is -0.454 e. The number of carbonyl (C=O) groups is 1. The van der Waals surface area contributed by atoms with E-state index in [4.69, 9.17) is 21.1 Å². The molecule has 0 spiro atoms. The van der Waals surface area contributed by atoms with E-state index in [-0.39, 0.29) is 18.5 Å². The molecule has 1 N–H and O–H groups in total. The molecule has 1 aliphatic rings. The summed E-state index contributed by atoms with van der Waals surface area (Å²) in [5.41, 5.74) is 3.08. The number of aromatic nitrogens is 4. The average molecular weight is 454 g/mol. The minimum atomic E-state index is -0.131. The third kappa shape index (κ3) is 4.14. The van der Waals surface area contributed by atoms with E-state index in [1.165, 1.54) is 11.8 Å². The van der Waals surface area contributed by atoms with E-state index in [9.17, 15) is 4.79 Å². The monoisotopic (exact) mass is 453 g/mol. The number of fused-ring (bicyclic) bond motifs is 2. The van der Waals surface area contributed by atoms with Crippen LogP contribution in [0.15, 0.2) is 59.8 Å². The number of amides is 1. The molecule has 2 aromatic heterocycles. The summed E-state index contributed by atoms with van der Waals surface area (Å²) in [4.78, 5) is 12.3. The lowest BCUT2D eigenvalue weighted by atomic mass is 10.1. The van der Waals surface area contributed by atoms with Gasteiger partial charge in [-0.15, -0.1) is 10.2 Å². The van der Waals surface area contributed by atoms with E-state index in [0.29, 0.717) is 33.9 Å². The Hall–Kier alpha value is -3.30. The van der Waals surface area contributed by atoms with Crippen LogP contribution in [-0.2, 0) is 11.3 Å². The van der Waals surface area contributed by atoms with Gasteiger partial charge < -0.3 is 14.8 Å². The molecule has 0 radical (unpaired) electrons. The third-order valence-corrected chi connectivity index (χ3v) is 5.96. The molecule has 0 saturated carbocycles. The Balaban J connectivity index is 1.28. The molecule has 1 amide bonds. The molecule has 2 aromatic carbocycles. The van der Waals surface area contributed by atoms with Crippen molar-refractivity contribution in [3.05, 3.63) is 65.2 Å². The first kappa shape index (κ1) is 19.7. The topological polar surface area (TPSA) is 90.6 Å². The molecule has 0 saturated heterocycles. The number of thioether (sulfide) groups is 1. The highest BCUT2D eigenvalue weighted by atomic mass is 35.5. The Labute approximate surface area is 186 Å². The van der Waals surface area contributed by atoms with Crippen LogP contribution < -0.4 is 14.8 Å². The van der Waals surface area contributed by atoms with Gasteiger partial charge in [-0.2, -0.15) is 9.61 Å². The van der Waals surface area contributed by atoms with E-state index in [2.05, 4.69) is 20.6 Å². The smallest absolute Gasteiger partial charge is 0.231 e. The fourth-order valence-electron chi connectivity index (χ4n) is 3.09. The van der Waals surface area contributed by atoms with Crippen LogP contribution in [0, 0.1) is 0 Å². The molecule has 0 aliphatic carbocycles. The molecule has 31 heavy (non-hydrogen) atoms. The standard InChI is InChI=1S/C21H16ClN5O3S/c22-15-4-2-1-3-14(15)10-23-20(28)11-31-21-25-24-19-8-6-16(26-27(19)21)13-5-7-17-18(9-13)30-12-29-17/h1-9H,10-12H2,(H,23,28). The second kappa shape index (κ2) is 8.44. The van der Waals surface area contributed by atoms with Crippen LogP contribution in [0.25, 0.3) is 16.9 Å². The van der Waals surface area contributed by atoms with Crippen LogP contribution in [-0.4, -0.2) is 38.3 Å². The molecule has 0 unspecified atom stereocenters. The number of benzene rings is 2. The molecular weight excluding hydrogens is 438 g/mol. The first-order valence-electron chi connectivity index (χ1n) is 9.43. The van der Waals surface area contributed by atoms with Crippen molar-refractivity contribution in [2.45, 2.75) is 11.7 Å². The first-order valence-corrected chi connectivity index (χ1v) is 10.8. The van der Waals surface area contributed by atoms with E-state index in [1.807, 2.05) is 48.5 Å². The molecule has 0 atom stereocenters. The van der Waals surface area contributed by atoms with Gasteiger partial charge in [0.15, 0.2) is 17.1 Å². The summed E-state index contributed by atoms with van der Waals surface area (Å²) >= 11 is 7.39. The summed E-state index contributed by atoms with van der Waals surface area (Å²) in [7, 11) is 0. The van der Waals surface area contributed by atoms with Crippen LogP contribution in [0.2, 0.25) is 5.02 Å². The number of hydrogen-bond donors (Lipinski definition) is 1. The Morgan fingerprint density at radius 2 is 1.97 bits per heavy atom. The fourth-order valence-corrected chi connectivity index (χ4v) is 4.01. The number of nitrogens with one attached hydrogen (secondary N) is 1. The van der Waals surface area contributed by atoms with Crippen molar-refractivity contribution in [2.24, 2.45) is 0 Å². The summed E-state index contributed by atoms with van der Waals surface area (Å²) in [6, 6.07) is 16.8. The highest BCUT2D eigenvalue weighted by Crippen LogP contribution is 2.35. The number of carbonyl (C=O) groups excluding carboxylic acids is 1. The maximum Gasteiger partial charge on any atom is 0.231 e. The molecule has 0 fully saturated rings. The number of rotatable bonds is 6. The molecular formula is C21H16ClN5O3S. The number of ether oxygens (including phenoxy) is 2. The first-order chi connectivity index (χ1) is 15.2. The highest BCUT2D eigenvalue weighted by Gasteiger charge is 2.16. The zero-order valence-electron chi connectivity index (χ0n) is 16.1. The van der Waals surface area contributed by atoms with Crippen molar-refractivity contribution in [2.75, 3.05) is 12.5 Å². The van der Waals surface area contributed by atoms with Gasteiger partial charge in [-0.1, -0.05) is 41.6 Å².